The third-order valence-electron chi connectivity index (χ3n) is 5.16. The van der Waals surface area contributed by atoms with Gasteiger partial charge in [-0.15, -0.1) is 0 Å². The van der Waals surface area contributed by atoms with Gasteiger partial charge in [-0.2, -0.15) is 9.61 Å². The molecule has 1 aliphatic rings. The fraction of sp³-hybridized carbons (Fsp3) is 0.450. The van der Waals surface area contributed by atoms with Gasteiger partial charge in [-0.1, -0.05) is 6.07 Å². The Morgan fingerprint density at radius 3 is 3.07 bits per heavy atom. The standard InChI is InChI=1S/C20H26N6O/c1-15-12-23-26-18(22-14-16-5-3-8-21-13-16)11-19(24-20(15)26)25-9-4-6-17(25)7-10-27-2/h3,5,8,11-13,17,22H,4,6-7,9-10,14H2,1-2H3/t17-/m0/s1. The molecule has 142 valence electrons. The van der Waals surface area contributed by atoms with Gasteiger partial charge < -0.3 is 15.0 Å². The molecule has 0 spiro atoms. The van der Waals surface area contributed by atoms with Crippen molar-refractivity contribution in [2.45, 2.75) is 38.8 Å². The molecule has 3 aromatic rings. The Labute approximate surface area is 159 Å². The van der Waals surface area contributed by atoms with Crippen molar-refractivity contribution in [3.63, 3.8) is 0 Å². The fourth-order valence-corrected chi connectivity index (χ4v) is 3.72. The number of hydrogen-bond donors (Lipinski definition) is 1. The molecule has 0 aliphatic carbocycles. The molecule has 0 aromatic carbocycles. The van der Waals surface area contributed by atoms with Gasteiger partial charge in [0.25, 0.3) is 0 Å². The largest absolute Gasteiger partial charge is 0.385 e. The van der Waals surface area contributed by atoms with E-state index in [0.717, 1.165) is 48.0 Å². The number of methoxy groups -OCH3 is 1. The number of anilines is 2. The van der Waals surface area contributed by atoms with Crippen LogP contribution in [0.1, 0.15) is 30.4 Å². The zero-order chi connectivity index (χ0) is 18.6. The lowest BCUT2D eigenvalue weighted by Gasteiger charge is -2.26. The molecular weight excluding hydrogens is 340 g/mol. The van der Waals surface area contributed by atoms with Crippen LogP contribution in [-0.4, -0.2) is 45.9 Å². The molecule has 1 fully saturated rings. The van der Waals surface area contributed by atoms with E-state index in [4.69, 9.17) is 9.72 Å². The minimum atomic E-state index is 0.481. The first-order valence-corrected chi connectivity index (χ1v) is 9.50. The maximum absolute atomic E-state index is 5.30. The maximum atomic E-state index is 5.30. The van der Waals surface area contributed by atoms with E-state index in [2.05, 4.69) is 39.4 Å². The number of aromatic nitrogens is 4. The summed E-state index contributed by atoms with van der Waals surface area (Å²) in [7, 11) is 1.76. The predicted molar refractivity (Wildman–Crippen MR) is 106 cm³/mol. The van der Waals surface area contributed by atoms with Crippen molar-refractivity contribution in [3.05, 3.63) is 47.9 Å². The first-order chi connectivity index (χ1) is 13.3. The number of pyridine rings is 1. The zero-order valence-corrected chi connectivity index (χ0v) is 15.9. The van der Waals surface area contributed by atoms with Crippen molar-refractivity contribution in [2.75, 3.05) is 30.5 Å². The number of rotatable bonds is 7. The van der Waals surface area contributed by atoms with E-state index in [9.17, 15) is 0 Å². The SMILES string of the molecule is COCC[C@@H]1CCCN1c1cc(NCc2cccnc2)n2ncc(C)c2n1. The molecule has 1 atom stereocenters. The Hall–Kier alpha value is -2.67. The summed E-state index contributed by atoms with van der Waals surface area (Å²) >= 11 is 0. The van der Waals surface area contributed by atoms with Crippen LogP contribution in [0.2, 0.25) is 0 Å². The fourth-order valence-electron chi connectivity index (χ4n) is 3.72. The topological polar surface area (TPSA) is 67.6 Å². The molecule has 0 amide bonds. The van der Waals surface area contributed by atoms with Crippen LogP contribution in [0.4, 0.5) is 11.6 Å². The minimum Gasteiger partial charge on any atom is -0.385 e. The Morgan fingerprint density at radius 1 is 1.33 bits per heavy atom. The molecule has 1 aliphatic heterocycles. The summed E-state index contributed by atoms with van der Waals surface area (Å²) in [6.45, 7) is 4.56. The van der Waals surface area contributed by atoms with E-state index in [-0.39, 0.29) is 0 Å². The van der Waals surface area contributed by atoms with Gasteiger partial charge in [0.15, 0.2) is 5.65 Å². The Kier molecular flexibility index (Phi) is 5.20. The highest BCUT2D eigenvalue weighted by molar-refractivity contribution is 5.61. The number of nitrogens with one attached hydrogen (secondary N) is 1. The van der Waals surface area contributed by atoms with E-state index in [1.807, 2.05) is 23.0 Å². The highest BCUT2D eigenvalue weighted by atomic mass is 16.5. The van der Waals surface area contributed by atoms with Crippen molar-refractivity contribution >= 4 is 17.3 Å². The molecule has 0 radical (unpaired) electrons. The van der Waals surface area contributed by atoms with Gasteiger partial charge in [0.05, 0.1) is 6.20 Å². The number of aryl methyl sites for hydroxylation is 1. The second-order valence-electron chi connectivity index (χ2n) is 7.05. The third-order valence-corrected chi connectivity index (χ3v) is 5.16. The van der Waals surface area contributed by atoms with Gasteiger partial charge in [0.2, 0.25) is 0 Å². The van der Waals surface area contributed by atoms with Gasteiger partial charge in [-0.25, -0.2) is 4.98 Å². The predicted octanol–water partition coefficient (Wildman–Crippen LogP) is 3.05. The van der Waals surface area contributed by atoms with Crippen molar-refractivity contribution in [1.82, 2.24) is 19.6 Å². The van der Waals surface area contributed by atoms with Crippen LogP contribution < -0.4 is 10.2 Å². The van der Waals surface area contributed by atoms with Crippen molar-refractivity contribution in [3.8, 4) is 0 Å². The smallest absolute Gasteiger partial charge is 0.162 e. The average molecular weight is 366 g/mol. The second kappa shape index (κ2) is 7.92. The van der Waals surface area contributed by atoms with Crippen molar-refractivity contribution in [2.24, 2.45) is 0 Å². The summed E-state index contributed by atoms with van der Waals surface area (Å²) in [4.78, 5) is 11.5. The zero-order valence-electron chi connectivity index (χ0n) is 15.9. The van der Waals surface area contributed by atoms with Gasteiger partial charge in [0.1, 0.15) is 11.6 Å². The van der Waals surface area contributed by atoms with E-state index < -0.39 is 0 Å². The minimum absolute atomic E-state index is 0.481. The van der Waals surface area contributed by atoms with Crippen LogP contribution in [-0.2, 0) is 11.3 Å². The molecule has 7 nitrogen and oxygen atoms in total. The van der Waals surface area contributed by atoms with E-state index >= 15 is 0 Å². The lowest BCUT2D eigenvalue weighted by Crippen LogP contribution is -2.31. The summed E-state index contributed by atoms with van der Waals surface area (Å²) in [5, 5.41) is 8.01. The summed E-state index contributed by atoms with van der Waals surface area (Å²) < 4.78 is 7.18. The maximum Gasteiger partial charge on any atom is 0.162 e. The van der Waals surface area contributed by atoms with Crippen LogP contribution in [0, 0.1) is 6.92 Å². The van der Waals surface area contributed by atoms with Crippen LogP contribution in [0.5, 0.6) is 0 Å². The van der Waals surface area contributed by atoms with E-state index in [0.29, 0.717) is 12.6 Å². The molecule has 3 aromatic heterocycles. The molecule has 4 heterocycles. The van der Waals surface area contributed by atoms with Gasteiger partial charge in [0, 0.05) is 56.9 Å². The molecule has 1 N–H and O–H groups in total. The molecular formula is C20H26N6O. The third kappa shape index (κ3) is 3.73. The van der Waals surface area contributed by atoms with Crippen LogP contribution in [0.3, 0.4) is 0 Å². The summed E-state index contributed by atoms with van der Waals surface area (Å²) in [6, 6.07) is 6.61. The Balaban J connectivity index is 1.64. The first-order valence-electron chi connectivity index (χ1n) is 9.50. The average Bonchev–Trinajstić information content (AvgIpc) is 3.32. The summed E-state index contributed by atoms with van der Waals surface area (Å²) in [5.41, 5.74) is 3.11. The van der Waals surface area contributed by atoms with Gasteiger partial charge in [-0.05, 0) is 37.8 Å². The first kappa shape index (κ1) is 17.7. The van der Waals surface area contributed by atoms with Crippen LogP contribution >= 0.6 is 0 Å². The highest BCUT2D eigenvalue weighted by Crippen LogP contribution is 2.29. The molecule has 7 heteroatoms. The van der Waals surface area contributed by atoms with E-state index in [1.54, 1.807) is 13.3 Å². The number of hydrogen-bond acceptors (Lipinski definition) is 6. The molecule has 27 heavy (non-hydrogen) atoms. The number of fused-ring (bicyclic) bond motifs is 1. The quantitative estimate of drug-likeness (QED) is 0.693. The molecule has 4 rings (SSSR count). The Morgan fingerprint density at radius 2 is 2.26 bits per heavy atom. The van der Waals surface area contributed by atoms with Crippen molar-refractivity contribution < 1.29 is 4.74 Å². The molecule has 0 bridgehead atoms. The number of ether oxygens (including phenoxy) is 1. The van der Waals surface area contributed by atoms with Crippen molar-refractivity contribution in [1.29, 1.82) is 0 Å². The highest BCUT2D eigenvalue weighted by Gasteiger charge is 2.26. The van der Waals surface area contributed by atoms with Crippen LogP contribution in [0.25, 0.3) is 5.65 Å². The lowest BCUT2D eigenvalue weighted by atomic mass is 10.1. The lowest BCUT2D eigenvalue weighted by molar-refractivity contribution is 0.188. The molecule has 1 saturated heterocycles. The summed E-state index contributed by atoms with van der Waals surface area (Å²) in [6.07, 6.45) is 8.94. The summed E-state index contributed by atoms with van der Waals surface area (Å²) in [5.74, 6) is 1.96. The normalized spacial score (nSPS) is 17.0. The Bertz CT molecular complexity index is 894. The second-order valence-corrected chi connectivity index (χ2v) is 7.05. The van der Waals surface area contributed by atoms with Crippen LogP contribution in [0.15, 0.2) is 36.8 Å². The molecule has 0 unspecified atom stereocenters. The monoisotopic (exact) mass is 366 g/mol. The number of nitrogens with zero attached hydrogens (tertiary/aromatic N) is 5. The van der Waals surface area contributed by atoms with Gasteiger partial charge >= 0.3 is 0 Å². The van der Waals surface area contributed by atoms with E-state index in [1.165, 1.54) is 12.8 Å². The van der Waals surface area contributed by atoms with Gasteiger partial charge in [-0.3, -0.25) is 4.98 Å². The molecule has 0 saturated carbocycles.